The van der Waals surface area contributed by atoms with Gasteiger partial charge in [-0.1, -0.05) is 70.2 Å². The Morgan fingerprint density at radius 2 is 1.00 bits per heavy atom. The summed E-state index contributed by atoms with van der Waals surface area (Å²) in [5.74, 6) is -12.4. The van der Waals surface area contributed by atoms with Gasteiger partial charge in [0.05, 0.1) is 0 Å². The molecule has 268 valence electrons. The molecule has 0 saturated heterocycles. The number of carbonyl (C=O) groups is 2. The minimum absolute atomic E-state index is 0.0207. The van der Waals surface area contributed by atoms with E-state index in [1.807, 2.05) is 6.92 Å². The van der Waals surface area contributed by atoms with E-state index in [0.29, 0.717) is 48.9 Å². The number of ketones is 1. The quantitative estimate of drug-likeness (QED) is 0.184. The van der Waals surface area contributed by atoms with Gasteiger partial charge in [-0.2, -0.15) is 43.9 Å². The summed E-state index contributed by atoms with van der Waals surface area (Å²) in [6, 6.07) is 8.02. The smallest absolute Gasteiger partial charge is 0.380 e. The number of amides is 1. The molecule has 0 aliphatic rings. The molecule has 0 bridgehead atoms. The van der Waals surface area contributed by atoms with E-state index in [1.54, 1.807) is 19.2 Å². The number of benzene rings is 3. The highest BCUT2D eigenvalue weighted by atomic mass is 19.4. The van der Waals surface area contributed by atoms with Crippen molar-refractivity contribution in [2.24, 2.45) is 5.41 Å². The molecule has 1 amide bonds. The van der Waals surface area contributed by atoms with Crippen LogP contribution in [0.3, 0.4) is 0 Å². The largest absolute Gasteiger partial charge is 0.411 e. The van der Waals surface area contributed by atoms with Crippen molar-refractivity contribution in [3.63, 3.8) is 0 Å². The van der Waals surface area contributed by atoms with Crippen LogP contribution in [-0.2, 0) is 26.8 Å². The van der Waals surface area contributed by atoms with Gasteiger partial charge in [-0.25, -0.2) is 0 Å². The Labute approximate surface area is 277 Å². The van der Waals surface area contributed by atoms with Crippen molar-refractivity contribution in [2.45, 2.75) is 89.5 Å². The molecule has 0 unspecified atom stereocenters. The van der Waals surface area contributed by atoms with E-state index in [0.717, 1.165) is 24.3 Å². The molecule has 0 saturated carbocycles. The number of alkyl halides is 10. The van der Waals surface area contributed by atoms with Crippen molar-refractivity contribution < 1.29 is 53.5 Å². The average molecular weight is 707 g/mol. The highest BCUT2D eigenvalue weighted by Crippen LogP contribution is 2.56. The number of anilines is 2. The number of hydrogen-bond acceptors (Lipinski definition) is 3. The van der Waals surface area contributed by atoms with Crippen LogP contribution < -0.4 is 10.6 Å². The second kappa shape index (κ2) is 13.3. The van der Waals surface area contributed by atoms with Gasteiger partial charge in [-0.3, -0.25) is 9.59 Å². The lowest BCUT2D eigenvalue weighted by molar-refractivity contribution is -0.288. The Morgan fingerprint density at radius 1 is 0.571 bits per heavy atom. The maximum atomic E-state index is 15.2. The predicted molar refractivity (Wildman–Crippen MR) is 166 cm³/mol. The van der Waals surface area contributed by atoms with E-state index >= 15 is 17.6 Å². The summed E-state index contributed by atoms with van der Waals surface area (Å²) in [7, 11) is 0. The van der Waals surface area contributed by atoms with E-state index in [9.17, 15) is 35.9 Å². The van der Waals surface area contributed by atoms with Crippen LogP contribution in [0.4, 0.5) is 55.3 Å². The summed E-state index contributed by atoms with van der Waals surface area (Å²) >= 11 is 0. The number of halogens is 10. The normalized spacial score (nSPS) is 13.6. The van der Waals surface area contributed by atoms with Crippen LogP contribution in [0.2, 0.25) is 0 Å². The van der Waals surface area contributed by atoms with Gasteiger partial charge < -0.3 is 10.6 Å². The first kappa shape index (κ1) is 39.3. The highest BCUT2D eigenvalue weighted by molar-refractivity contribution is 5.97. The maximum absolute atomic E-state index is 15.2. The van der Waals surface area contributed by atoms with Crippen molar-refractivity contribution in [2.75, 3.05) is 10.6 Å². The molecule has 14 heteroatoms. The Balaban J connectivity index is 1.98. The Bertz CT molecular complexity index is 1630. The topological polar surface area (TPSA) is 58.2 Å². The molecule has 3 aromatic carbocycles. The summed E-state index contributed by atoms with van der Waals surface area (Å²) in [4.78, 5) is 25.1. The summed E-state index contributed by atoms with van der Waals surface area (Å²) < 4.78 is 148. The minimum atomic E-state index is -5.93. The van der Waals surface area contributed by atoms with Crippen LogP contribution in [-0.4, -0.2) is 29.6 Å². The molecule has 0 aliphatic carbocycles. The third kappa shape index (κ3) is 7.57. The minimum Gasteiger partial charge on any atom is -0.380 e. The lowest BCUT2D eigenvalue weighted by atomic mass is 9.73. The molecule has 0 fully saturated rings. The number of hydrogen-bond donors (Lipinski definition) is 2. The highest BCUT2D eigenvalue weighted by Gasteiger charge is 2.72. The molecule has 0 spiro atoms. The molecule has 4 nitrogen and oxygen atoms in total. The first-order valence-corrected chi connectivity index (χ1v) is 15.1. The first-order chi connectivity index (χ1) is 22.3. The van der Waals surface area contributed by atoms with Crippen LogP contribution in [0.1, 0.15) is 76.6 Å². The van der Waals surface area contributed by atoms with E-state index < -0.39 is 80.2 Å². The summed E-state index contributed by atoms with van der Waals surface area (Å²) in [6.45, 7) is 9.43. The molecule has 0 heterocycles. The number of rotatable bonds is 12. The summed E-state index contributed by atoms with van der Waals surface area (Å²) in [5.41, 5.74) is -11.7. The first-order valence-electron chi connectivity index (χ1n) is 15.1. The Hall–Kier alpha value is -4.10. The van der Waals surface area contributed by atoms with Gasteiger partial charge >= 0.3 is 24.2 Å². The Kier molecular flexibility index (Phi) is 10.7. The molecule has 0 aliphatic heterocycles. The third-order valence-electron chi connectivity index (χ3n) is 8.77. The second-order valence-corrected chi connectivity index (χ2v) is 13.0. The lowest BCUT2D eigenvalue weighted by Crippen LogP contribution is -2.54. The fourth-order valence-corrected chi connectivity index (χ4v) is 5.04. The number of nitrogens with one attached hydrogen (secondary N) is 2. The van der Waals surface area contributed by atoms with Crippen LogP contribution >= 0.6 is 0 Å². The van der Waals surface area contributed by atoms with Gasteiger partial charge in [0.1, 0.15) is 0 Å². The fraction of sp³-hybridized carbons (Fsp3) is 0.429. The zero-order chi connectivity index (χ0) is 37.4. The van der Waals surface area contributed by atoms with Gasteiger partial charge in [0, 0.05) is 33.5 Å². The fourth-order valence-electron chi connectivity index (χ4n) is 5.04. The molecule has 3 rings (SSSR count). The van der Waals surface area contributed by atoms with Crippen molar-refractivity contribution in [1.82, 2.24) is 0 Å². The number of carbonyl (C=O) groups excluding carboxylic acids is 2. The lowest BCUT2D eigenvalue weighted by Gasteiger charge is -2.38. The van der Waals surface area contributed by atoms with E-state index in [4.69, 9.17) is 0 Å². The Morgan fingerprint density at radius 3 is 1.41 bits per heavy atom. The zero-order valence-electron chi connectivity index (χ0n) is 27.4. The average Bonchev–Trinajstić information content (AvgIpc) is 3.01. The summed E-state index contributed by atoms with van der Waals surface area (Å²) in [5, 5.41) is 4.73. The SMILES string of the molecule is CCC(C)(C)Nc1ccc(C(c2ccc(NC(=O)C(F)(F)c3cccc(C(F)(F)C(=O)C(C)(C)CC)c3)cc2)(C(F)(F)F)C(F)(F)F)cc1. The number of Topliss-reactive ketones (excluding diaryl/α,β-unsaturated/α-hetero) is 1. The summed E-state index contributed by atoms with van der Waals surface area (Å²) in [6.07, 6.45) is -11.2. The molecule has 0 atom stereocenters. The van der Waals surface area contributed by atoms with Crippen molar-refractivity contribution in [3.8, 4) is 0 Å². The molecule has 49 heavy (non-hydrogen) atoms. The van der Waals surface area contributed by atoms with Gasteiger partial charge in [-0.15, -0.1) is 0 Å². The van der Waals surface area contributed by atoms with Gasteiger partial charge in [0.15, 0.2) is 0 Å². The molecular formula is C35H36F10N2O2. The van der Waals surface area contributed by atoms with Gasteiger partial charge in [0.25, 0.3) is 5.91 Å². The molecular weight excluding hydrogens is 670 g/mol. The van der Waals surface area contributed by atoms with Crippen molar-refractivity contribution in [3.05, 3.63) is 95.1 Å². The van der Waals surface area contributed by atoms with Crippen LogP contribution in [0.15, 0.2) is 72.8 Å². The second-order valence-electron chi connectivity index (χ2n) is 13.0. The van der Waals surface area contributed by atoms with Crippen LogP contribution in [0.5, 0.6) is 0 Å². The van der Waals surface area contributed by atoms with Crippen LogP contribution in [0.25, 0.3) is 0 Å². The predicted octanol–water partition coefficient (Wildman–Crippen LogP) is 10.5. The van der Waals surface area contributed by atoms with Gasteiger partial charge in [-0.05, 0) is 68.1 Å². The van der Waals surface area contributed by atoms with Crippen molar-refractivity contribution >= 4 is 23.1 Å². The van der Waals surface area contributed by atoms with E-state index in [-0.39, 0.29) is 18.2 Å². The van der Waals surface area contributed by atoms with Crippen LogP contribution in [0, 0.1) is 5.41 Å². The standard InChI is InChI=1S/C35H36F10N2O2/c1-7-29(3,4)27(48)32(36,37)23-10-9-11-24(20-23)33(38,39)28(49)46-25-16-12-21(13-17-25)31(34(40,41)42,35(43,44)45)22-14-18-26(19-15-22)47-30(5,6)8-2/h9-20,47H,7-8H2,1-6H3,(H,46,49). The molecule has 0 aromatic heterocycles. The van der Waals surface area contributed by atoms with Gasteiger partial charge in [0.2, 0.25) is 11.2 Å². The zero-order valence-corrected chi connectivity index (χ0v) is 27.4. The molecule has 3 aromatic rings. The molecule has 2 N–H and O–H groups in total. The maximum Gasteiger partial charge on any atom is 0.411 e. The van der Waals surface area contributed by atoms with E-state index in [1.165, 1.54) is 20.8 Å². The third-order valence-corrected chi connectivity index (χ3v) is 8.77. The van der Waals surface area contributed by atoms with Crippen molar-refractivity contribution in [1.29, 1.82) is 0 Å². The molecule has 0 radical (unpaired) electrons. The monoisotopic (exact) mass is 706 g/mol. The van der Waals surface area contributed by atoms with E-state index in [2.05, 4.69) is 5.32 Å².